The minimum atomic E-state index is -4.43. The van der Waals surface area contributed by atoms with Gasteiger partial charge in [0.2, 0.25) is 0 Å². The van der Waals surface area contributed by atoms with Gasteiger partial charge in [0.05, 0.1) is 23.3 Å². The average Bonchev–Trinajstić information content (AvgIpc) is 2.83. The number of benzene rings is 2. The van der Waals surface area contributed by atoms with Crippen molar-refractivity contribution in [2.75, 3.05) is 13.2 Å². The number of nitrogens with zero attached hydrogens (tertiary/aromatic N) is 1. The van der Waals surface area contributed by atoms with Crippen molar-refractivity contribution in [1.82, 2.24) is 4.90 Å². The predicted octanol–water partition coefficient (Wildman–Crippen LogP) is 3.77. The van der Waals surface area contributed by atoms with E-state index in [9.17, 15) is 22.8 Å². The van der Waals surface area contributed by atoms with Gasteiger partial charge in [0, 0.05) is 6.54 Å². The summed E-state index contributed by atoms with van der Waals surface area (Å²) in [5.41, 5.74) is -0.0528. The highest BCUT2D eigenvalue weighted by molar-refractivity contribution is 6.21. The lowest BCUT2D eigenvalue weighted by Crippen LogP contribution is -2.31. The first-order chi connectivity index (χ1) is 11.9. The maximum atomic E-state index is 12.6. The summed E-state index contributed by atoms with van der Waals surface area (Å²) in [7, 11) is 0. The van der Waals surface area contributed by atoms with Crippen molar-refractivity contribution < 1.29 is 27.5 Å². The van der Waals surface area contributed by atoms with Crippen molar-refractivity contribution in [3.8, 4) is 5.75 Å². The molecule has 0 N–H and O–H groups in total. The molecule has 0 aromatic heterocycles. The predicted molar refractivity (Wildman–Crippen MR) is 83.4 cm³/mol. The van der Waals surface area contributed by atoms with Crippen LogP contribution in [0.25, 0.3) is 0 Å². The Balaban J connectivity index is 1.55. The highest BCUT2D eigenvalue weighted by Gasteiger charge is 2.34. The molecule has 1 heterocycles. The second kappa shape index (κ2) is 6.58. The maximum Gasteiger partial charge on any atom is 0.416 e. The van der Waals surface area contributed by atoms with Crippen molar-refractivity contribution in [3.63, 3.8) is 0 Å². The van der Waals surface area contributed by atoms with Crippen molar-refractivity contribution in [1.29, 1.82) is 0 Å². The molecule has 4 nitrogen and oxygen atoms in total. The molecule has 0 saturated heterocycles. The first kappa shape index (κ1) is 17.0. The molecule has 2 amide bonds. The first-order valence-corrected chi connectivity index (χ1v) is 7.63. The van der Waals surface area contributed by atoms with Gasteiger partial charge in [0.15, 0.2) is 0 Å². The van der Waals surface area contributed by atoms with Gasteiger partial charge in [0.25, 0.3) is 11.8 Å². The summed E-state index contributed by atoms with van der Waals surface area (Å²) in [5.74, 6) is -0.628. The van der Waals surface area contributed by atoms with Crippen LogP contribution in [0.15, 0.2) is 48.5 Å². The first-order valence-electron chi connectivity index (χ1n) is 7.63. The summed E-state index contributed by atoms with van der Waals surface area (Å²) in [4.78, 5) is 25.5. The standard InChI is InChI=1S/C18H14F3NO3/c19-18(20,21)12-5-3-6-13(11-12)25-10-4-9-22-16(23)14-7-1-2-8-15(14)17(22)24/h1-3,5-8,11H,4,9-10H2. The van der Waals surface area contributed by atoms with E-state index in [1.54, 1.807) is 24.3 Å². The molecule has 0 atom stereocenters. The molecule has 0 bridgehead atoms. The van der Waals surface area contributed by atoms with Crippen LogP contribution in [0.5, 0.6) is 5.75 Å². The Labute approximate surface area is 141 Å². The second-order valence-corrected chi connectivity index (χ2v) is 5.54. The fourth-order valence-corrected chi connectivity index (χ4v) is 2.62. The normalized spacial score (nSPS) is 14.0. The summed E-state index contributed by atoms with van der Waals surface area (Å²) in [5, 5.41) is 0. The Bertz CT molecular complexity index is 782. The molecule has 7 heteroatoms. The number of carbonyl (C=O) groups is 2. The zero-order valence-corrected chi connectivity index (χ0v) is 13.0. The second-order valence-electron chi connectivity index (χ2n) is 5.54. The van der Waals surface area contributed by atoms with Gasteiger partial charge in [-0.1, -0.05) is 18.2 Å². The molecular formula is C18H14F3NO3. The van der Waals surface area contributed by atoms with Gasteiger partial charge < -0.3 is 4.74 Å². The number of carbonyl (C=O) groups excluding carboxylic acids is 2. The van der Waals surface area contributed by atoms with Gasteiger partial charge >= 0.3 is 6.18 Å². The van der Waals surface area contributed by atoms with Crippen molar-refractivity contribution in [2.45, 2.75) is 12.6 Å². The van der Waals surface area contributed by atoms with Crippen molar-refractivity contribution >= 4 is 11.8 Å². The highest BCUT2D eigenvalue weighted by Crippen LogP contribution is 2.31. The van der Waals surface area contributed by atoms with E-state index in [1.165, 1.54) is 12.1 Å². The van der Waals surface area contributed by atoms with Crippen LogP contribution in [0.4, 0.5) is 13.2 Å². The Morgan fingerprint density at radius 1 is 0.920 bits per heavy atom. The van der Waals surface area contributed by atoms with Crippen LogP contribution in [0, 0.1) is 0 Å². The molecule has 2 aromatic rings. The largest absolute Gasteiger partial charge is 0.494 e. The minimum absolute atomic E-state index is 0.0920. The quantitative estimate of drug-likeness (QED) is 0.610. The number of rotatable bonds is 5. The van der Waals surface area contributed by atoms with E-state index in [0.717, 1.165) is 17.0 Å². The summed E-state index contributed by atoms with van der Waals surface area (Å²) < 4.78 is 43.2. The highest BCUT2D eigenvalue weighted by atomic mass is 19.4. The molecule has 130 valence electrons. The van der Waals surface area contributed by atoms with Gasteiger partial charge in [-0.3, -0.25) is 14.5 Å². The van der Waals surface area contributed by atoms with Crippen LogP contribution in [0.3, 0.4) is 0 Å². The third-order valence-corrected chi connectivity index (χ3v) is 3.83. The van der Waals surface area contributed by atoms with Gasteiger partial charge in [-0.25, -0.2) is 0 Å². The number of ether oxygens (including phenoxy) is 1. The van der Waals surface area contributed by atoms with Crippen LogP contribution in [-0.2, 0) is 6.18 Å². The van der Waals surface area contributed by atoms with Crippen molar-refractivity contribution in [2.24, 2.45) is 0 Å². The number of halogens is 3. The Kier molecular flexibility index (Phi) is 4.48. The van der Waals surface area contributed by atoms with Gasteiger partial charge in [-0.15, -0.1) is 0 Å². The molecule has 0 saturated carbocycles. The molecular weight excluding hydrogens is 335 g/mol. The van der Waals surface area contributed by atoms with E-state index < -0.39 is 11.7 Å². The molecule has 1 aliphatic heterocycles. The summed E-state index contributed by atoms with van der Waals surface area (Å²) in [6.07, 6.45) is -4.11. The Morgan fingerprint density at radius 2 is 1.56 bits per heavy atom. The van der Waals surface area contributed by atoms with E-state index in [-0.39, 0.29) is 30.7 Å². The third kappa shape index (κ3) is 3.50. The number of hydrogen-bond acceptors (Lipinski definition) is 3. The van der Waals surface area contributed by atoms with Crippen molar-refractivity contribution in [3.05, 3.63) is 65.2 Å². The maximum absolute atomic E-state index is 12.6. The monoisotopic (exact) mass is 349 g/mol. The van der Waals surface area contributed by atoms with Crippen LogP contribution in [0.1, 0.15) is 32.7 Å². The van der Waals surface area contributed by atoms with Crippen LogP contribution < -0.4 is 4.74 Å². The summed E-state index contributed by atoms with van der Waals surface area (Å²) in [6, 6.07) is 11.1. The summed E-state index contributed by atoms with van der Waals surface area (Å²) in [6.45, 7) is 0.236. The number of hydrogen-bond donors (Lipinski definition) is 0. The number of alkyl halides is 3. The van der Waals surface area contributed by atoms with E-state index in [0.29, 0.717) is 17.5 Å². The van der Waals surface area contributed by atoms with Gasteiger partial charge in [0.1, 0.15) is 5.75 Å². The third-order valence-electron chi connectivity index (χ3n) is 3.83. The molecule has 0 spiro atoms. The molecule has 0 unspecified atom stereocenters. The molecule has 1 aliphatic rings. The van der Waals surface area contributed by atoms with E-state index in [1.807, 2.05) is 0 Å². The van der Waals surface area contributed by atoms with E-state index >= 15 is 0 Å². The van der Waals surface area contributed by atoms with Gasteiger partial charge in [-0.2, -0.15) is 13.2 Å². The summed E-state index contributed by atoms with van der Waals surface area (Å²) >= 11 is 0. The topological polar surface area (TPSA) is 46.6 Å². The van der Waals surface area contributed by atoms with Crippen LogP contribution in [0.2, 0.25) is 0 Å². The van der Waals surface area contributed by atoms with Crippen LogP contribution >= 0.6 is 0 Å². The lowest BCUT2D eigenvalue weighted by atomic mass is 10.1. The number of imide groups is 1. The minimum Gasteiger partial charge on any atom is -0.494 e. The zero-order chi connectivity index (χ0) is 18.0. The molecule has 0 radical (unpaired) electrons. The average molecular weight is 349 g/mol. The molecule has 0 aliphatic carbocycles. The smallest absolute Gasteiger partial charge is 0.416 e. The lowest BCUT2D eigenvalue weighted by molar-refractivity contribution is -0.137. The molecule has 25 heavy (non-hydrogen) atoms. The Hall–Kier alpha value is -2.83. The van der Waals surface area contributed by atoms with E-state index in [2.05, 4.69) is 0 Å². The number of amides is 2. The van der Waals surface area contributed by atoms with Gasteiger partial charge in [-0.05, 0) is 36.8 Å². The SMILES string of the molecule is O=C1c2ccccc2C(=O)N1CCCOc1cccc(C(F)(F)F)c1. The zero-order valence-electron chi connectivity index (χ0n) is 13.0. The van der Waals surface area contributed by atoms with Crippen LogP contribution in [-0.4, -0.2) is 29.9 Å². The fraction of sp³-hybridized carbons (Fsp3) is 0.222. The molecule has 3 rings (SSSR count). The number of fused-ring (bicyclic) bond motifs is 1. The molecule has 2 aromatic carbocycles. The fourth-order valence-electron chi connectivity index (χ4n) is 2.62. The lowest BCUT2D eigenvalue weighted by Gasteiger charge is -2.14. The molecule has 0 fully saturated rings. The Morgan fingerprint density at radius 3 is 2.16 bits per heavy atom. The van der Waals surface area contributed by atoms with E-state index in [4.69, 9.17) is 4.74 Å².